The fraction of sp³-hybridized carbons (Fsp3) is 0.909. The van der Waals surface area contributed by atoms with Crippen LogP contribution in [0.1, 0.15) is 39.5 Å². The van der Waals surface area contributed by atoms with Crippen LogP contribution in [0.5, 0.6) is 0 Å². The van der Waals surface area contributed by atoms with Gasteiger partial charge in [-0.2, -0.15) is 5.26 Å². The molecule has 1 rings (SSSR count). The Bertz CT molecular complexity index is 340. The Labute approximate surface area is 92.4 Å². The molecule has 2 unspecified atom stereocenters. The molecule has 0 spiro atoms. The lowest BCUT2D eigenvalue weighted by atomic mass is 10.1. The summed E-state index contributed by atoms with van der Waals surface area (Å²) in [5.41, 5.74) is 0. The second-order valence-corrected chi connectivity index (χ2v) is 7.09. The quantitative estimate of drug-likeness (QED) is 0.742. The van der Waals surface area contributed by atoms with Gasteiger partial charge in [-0.3, -0.25) is 0 Å². The maximum Gasteiger partial charge on any atom is 0.154 e. The minimum Gasteiger partial charge on any atom is -0.229 e. The van der Waals surface area contributed by atoms with Crippen LogP contribution >= 0.6 is 0 Å². The van der Waals surface area contributed by atoms with Crippen molar-refractivity contribution in [2.75, 3.05) is 5.75 Å². The van der Waals surface area contributed by atoms with Crippen molar-refractivity contribution in [1.82, 2.24) is 0 Å². The third-order valence-corrected chi connectivity index (χ3v) is 5.35. The van der Waals surface area contributed by atoms with E-state index in [1.54, 1.807) is 0 Å². The van der Waals surface area contributed by atoms with E-state index in [1.165, 1.54) is 0 Å². The van der Waals surface area contributed by atoms with Gasteiger partial charge in [0.2, 0.25) is 0 Å². The third-order valence-electron chi connectivity index (χ3n) is 3.06. The Morgan fingerprint density at radius 1 is 1.40 bits per heavy atom. The molecule has 2 atom stereocenters. The first-order chi connectivity index (χ1) is 6.97. The smallest absolute Gasteiger partial charge is 0.154 e. The molecule has 3 nitrogen and oxygen atoms in total. The Balaban J connectivity index is 2.65. The number of nitriles is 1. The van der Waals surface area contributed by atoms with E-state index >= 15 is 0 Å². The summed E-state index contributed by atoms with van der Waals surface area (Å²) in [6.07, 6.45) is 3.02. The summed E-state index contributed by atoms with van der Waals surface area (Å²) in [4.78, 5) is 0. The maximum absolute atomic E-state index is 12.0. The molecule has 4 heteroatoms. The summed E-state index contributed by atoms with van der Waals surface area (Å²) in [6, 6.07) is 2.13. The molecule has 1 aliphatic carbocycles. The van der Waals surface area contributed by atoms with Crippen LogP contribution in [0.2, 0.25) is 0 Å². The van der Waals surface area contributed by atoms with Gasteiger partial charge < -0.3 is 0 Å². The number of nitrogens with zero attached hydrogens (tertiary/aromatic N) is 1. The second-order valence-electron chi connectivity index (χ2n) is 4.75. The molecule has 0 N–H and O–H groups in total. The molecule has 0 bridgehead atoms. The average Bonchev–Trinajstić information content (AvgIpc) is 2.63. The van der Waals surface area contributed by atoms with E-state index in [1.807, 2.05) is 13.8 Å². The van der Waals surface area contributed by atoms with Gasteiger partial charge in [0.05, 0.1) is 23.0 Å². The molecule has 0 aromatic heterocycles. The Kier molecular flexibility index (Phi) is 4.15. The molecule has 1 saturated carbocycles. The molecule has 86 valence electrons. The lowest BCUT2D eigenvalue weighted by molar-refractivity contribution is 0.549. The van der Waals surface area contributed by atoms with Crippen LogP contribution in [-0.2, 0) is 9.84 Å². The second kappa shape index (κ2) is 4.98. The van der Waals surface area contributed by atoms with E-state index in [9.17, 15) is 8.42 Å². The minimum absolute atomic E-state index is 0.244. The van der Waals surface area contributed by atoms with Gasteiger partial charge in [-0.05, 0) is 25.2 Å². The summed E-state index contributed by atoms with van der Waals surface area (Å²) in [5.74, 6) is 0.386. The predicted molar refractivity (Wildman–Crippen MR) is 60.0 cm³/mol. The highest BCUT2D eigenvalue weighted by atomic mass is 32.2. The number of rotatable bonds is 4. The van der Waals surface area contributed by atoms with Crippen molar-refractivity contribution < 1.29 is 8.42 Å². The molecule has 0 radical (unpaired) electrons. The lowest BCUT2D eigenvalue weighted by Crippen LogP contribution is -2.27. The van der Waals surface area contributed by atoms with Crippen molar-refractivity contribution in [3.63, 3.8) is 0 Å². The summed E-state index contributed by atoms with van der Waals surface area (Å²) in [6.45, 7) is 4.04. The SMILES string of the molecule is CC(C)CCS(=O)(=O)C1CCCC1C#N. The van der Waals surface area contributed by atoms with Gasteiger partial charge >= 0.3 is 0 Å². The van der Waals surface area contributed by atoms with Crippen molar-refractivity contribution in [2.24, 2.45) is 11.8 Å². The average molecular weight is 229 g/mol. The molecular formula is C11H19NO2S. The molecule has 0 amide bonds. The number of sulfone groups is 1. The first kappa shape index (κ1) is 12.5. The molecule has 0 aromatic rings. The van der Waals surface area contributed by atoms with Crippen molar-refractivity contribution in [2.45, 2.75) is 44.8 Å². The normalized spacial score (nSPS) is 26.8. The molecule has 0 heterocycles. The summed E-state index contributed by atoms with van der Waals surface area (Å²) < 4.78 is 23.9. The summed E-state index contributed by atoms with van der Waals surface area (Å²) in [5, 5.41) is 8.48. The molecule has 0 aliphatic heterocycles. The fourth-order valence-electron chi connectivity index (χ4n) is 2.05. The number of hydrogen-bond donors (Lipinski definition) is 0. The number of hydrogen-bond acceptors (Lipinski definition) is 3. The van der Waals surface area contributed by atoms with E-state index in [0.29, 0.717) is 18.8 Å². The molecular weight excluding hydrogens is 210 g/mol. The van der Waals surface area contributed by atoms with Gasteiger partial charge in [0, 0.05) is 0 Å². The molecule has 15 heavy (non-hydrogen) atoms. The van der Waals surface area contributed by atoms with Gasteiger partial charge in [-0.25, -0.2) is 8.42 Å². The van der Waals surface area contributed by atoms with Crippen LogP contribution in [0, 0.1) is 23.2 Å². The molecule has 0 saturated heterocycles. The van der Waals surface area contributed by atoms with Crippen molar-refractivity contribution in [1.29, 1.82) is 5.26 Å². The van der Waals surface area contributed by atoms with Crippen LogP contribution in [0.4, 0.5) is 0 Å². The largest absolute Gasteiger partial charge is 0.229 e. The van der Waals surface area contributed by atoms with Crippen LogP contribution in [-0.4, -0.2) is 19.4 Å². The van der Waals surface area contributed by atoms with E-state index in [-0.39, 0.29) is 16.9 Å². The van der Waals surface area contributed by atoms with Gasteiger partial charge in [0.15, 0.2) is 9.84 Å². The van der Waals surface area contributed by atoms with Crippen LogP contribution in [0.15, 0.2) is 0 Å². The maximum atomic E-state index is 12.0. The monoisotopic (exact) mass is 229 g/mol. The van der Waals surface area contributed by atoms with E-state index in [4.69, 9.17) is 5.26 Å². The van der Waals surface area contributed by atoms with Gasteiger partial charge in [0.25, 0.3) is 0 Å². The Morgan fingerprint density at radius 2 is 2.07 bits per heavy atom. The van der Waals surface area contributed by atoms with Gasteiger partial charge in [-0.1, -0.05) is 20.3 Å². The highest BCUT2D eigenvalue weighted by molar-refractivity contribution is 7.92. The predicted octanol–water partition coefficient (Wildman–Crippen LogP) is 2.14. The molecule has 0 aromatic carbocycles. The van der Waals surface area contributed by atoms with Crippen LogP contribution in [0.25, 0.3) is 0 Å². The Hall–Kier alpha value is -0.560. The third kappa shape index (κ3) is 3.20. The van der Waals surface area contributed by atoms with Gasteiger partial charge in [0.1, 0.15) is 0 Å². The molecule has 1 fully saturated rings. The van der Waals surface area contributed by atoms with Crippen LogP contribution in [0.3, 0.4) is 0 Å². The summed E-state index contributed by atoms with van der Waals surface area (Å²) >= 11 is 0. The first-order valence-electron chi connectivity index (χ1n) is 5.58. The highest BCUT2D eigenvalue weighted by Gasteiger charge is 2.36. The van der Waals surface area contributed by atoms with Crippen LogP contribution < -0.4 is 0 Å². The Morgan fingerprint density at radius 3 is 2.60 bits per heavy atom. The van der Waals surface area contributed by atoms with Crippen molar-refractivity contribution >= 4 is 9.84 Å². The van der Waals surface area contributed by atoms with E-state index in [0.717, 1.165) is 12.8 Å². The van der Waals surface area contributed by atoms with Gasteiger partial charge in [-0.15, -0.1) is 0 Å². The highest BCUT2D eigenvalue weighted by Crippen LogP contribution is 2.31. The van der Waals surface area contributed by atoms with E-state index in [2.05, 4.69) is 6.07 Å². The van der Waals surface area contributed by atoms with Crippen molar-refractivity contribution in [3.8, 4) is 6.07 Å². The summed E-state index contributed by atoms with van der Waals surface area (Å²) in [7, 11) is -3.04. The fourth-order valence-corrected chi connectivity index (χ4v) is 4.38. The van der Waals surface area contributed by atoms with E-state index < -0.39 is 9.84 Å². The first-order valence-corrected chi connectivity index (χ1v) is 7.30. The zero-order chi connectivity index (χ0) is 11.5. The zero-order valence-corrected chi connectivity index (χ0v) is 10.3. The topological polar surface area (TPSA) is 57.9 Å². The molecule has 1 aliphatic rings. The minimum atomic E-state index is -3.04. The lowest BCUT2D eigenvalue weighted by Gasteiger charge is -2.15. The van der Waals surface area contributed by atoms with Crippen molar-refractivity contribution in [3.05, 3.63) is 0 Å². The standard InChI is InChI=1S/C11H19NO2S/c1-9(2)6-7-15(13,14)11-5-3-4-10(11)8-12/h9-11H,3-7H2,1-2H3. The zero-order valence-electron chi connectivity index (χ0n) is 9.44.